The Morgan fingerprint density at radius 3 is 2.61 bits per heavy atom. The summed E-state index contributed by atoms with van der Waals surface area (Å²) in [5.74, 6) is -0.647. The molecule has 0 spiro atoms. The lowest BCUT2D eigenvalue weighted by molar-refractivity contribution is -0.144. The molecule has 1 aliphatic heterocycles. The molecule has 4 rings (SSSR count). The average Bonchev–Trinajstić information content (AvgIpc) is 3.12. The number of carboxylic acid groups (broad SMARTS) is 1. The second kappa shape index (κ2) is 7.94. The lowest BCUT2D eigenvalue weighted by Gasteiger charge is -2.34. The Kier molecular flexibility index (Phi) is 5.21. The number of rotatable bonds is 5. The Hall–Kier alpha value is -2.99. The molecular formula is C22H24N4O2. The van der Waals surface area contributed by atoms with Crippen LogP contribution < -0.4 is 0 Å². The number of pyridine rings is 1. The van der Waals surface area contributed by atoms with Crippen LogP contribution in [0.15, 0.2) is 61.1 Å². The fourth-order valence-corrected chi connectivity index (χ4v) is 4.00. The van der Waals surface area contributed by atoms with Crippen LogP contribution in [0.2, 0.25) is 0 Å². The van der Waals surface area contributed by atoms with Gasteiger partial charge in [-0.25, -0.2) is 4.68 Å². The first kappa shape index (κ1) is 18.4. The zero-order valence-electron chi connectivity index (χ0n) is 15.9. The number of carboxylic acids is 1. The van der Waals surface area contributed by atoms with Gasteiger partial charge in [-0.15, -0.1) is 0 Å². The highest BCUT2D eigenvalue weighted by atomic mass is 16.4. The number of benzene rings is 1. The molecule has 0 saturated carbocycles. The molecule has 1 aromatic carbocycles. The topological polar surface area (TPSA) is 71.2 Å². The third-order valence-corrected chi connectivity index (χ3v) is 5.24. The van der Waals surface area contributed by atoms with Gasteiger partial charge >= 0.3 is 5.97 Å². The smallest absolute Gasteiger partial charge is 0.307 e. The molecule has 2 atom stereocenters. The number of para-hydroxylation sites is 1. The van der Waals surface area contributed by atoms with E-state index in [1.165, 1.54) is 0 Å². The summed E-state index contributed by atoms with van der Waals surface area (Å²) >= 11 is 0. The van der Waals surface area contributed by atoms with Crippen molar-refractivity contribution in [1.29, 1.82) is 0 Å². The van der Waals surface area contributed by atoms with Crippen molar-refractivity contribution in [2.24, 2.45) is 11.8 Å². The van der Waals surface area contributed by atoms with E-state index in [1.54, 1.807) is 12.4 Å². The first-order chi connectivity index (χ1) is 13.6. The molecule has 1 fully saturated rings. The summed E-state index contributed by atoms with van der Waals surface area (Å²) in [6.07, 6.45) is 6.33. The average molecular weight is 376 g/mol. The van der Waals surface area contributed by atoms with Crippen molar-refractivity contribution in [3.05, 3.63) is 66.6 Å². The van der Waals surface area contributed by atoms with E-state index in [-0.39, 0.29) is 5.92 Å². The molecule has 2 unspecified atom stereocenters. The number of hydrogen-bond acceptors (Lipinski definition) is 4. The van der Waals surface area contributed by atoms with E-state index in [1.807, 2.05) is 47.1 Å². The highest BCUT2D eigenvalue weighted by molar-refractivity contribution is 5.70. The highest BCUT2D eigenvalue weighted by Crippen LogP contribution is 2.28. The van der Waals surface area contributed by atoms with Crippen LogP contribution in [0.3, 0.4) is 0 Å². The Morgan fingerprint density at radius 2 is 1.89 bits per heavy atom. The molecule has 0 amide bonds. The maximum absolute atomic E-state index is 11.5. The van der Waals surface area contributed by atoms with Crippen LogP contribution in [0.5, 0.6) is 0 Å². The van der Waals surface area contributed by atoms with Crippen molar-refractivity contribution >= 4 is 5.97 Å². The molecule has 0 radical (unpaired) electrons. The second-order valence-corrected chi connectivity index (χ2v) is 7.59. The maximum Gasteiger partial charge on any atom is 0.307 e. The predicted octanol–water partition coefficient (Wildman–Crippen LogP) is 3.48. The molecule has 0 bridgehead atoms. The summed E-state index contributed by atoms with van der Waals surface area (Å²) < 4.78 is 1.90. The van der Waals surface area contributed by atoms with Gasteiger partial charge in [0.2, 0.25) is 0 Å². The van der Waals surface area contributed by atoms with Gasteiger partial charge in [0.25, 0.3) is 0 Å². The third kappa shape index (κ3) is 3.97. The zero-order chi connectivity index (χ0) is 19.5. The van der Waals surface area contributed by atoms with Gasteiger partial charge in [0, 0.05) is 49.4 Å². The van der Waals surface area contributed by atoms with E-state index in [0.29, 0.717) is 19.0 Å². The van der Waals surface area contributed by atoms with E-state index in [4.69, 9.17) is 5.10 Å². The SMILES string of the molecule is CC1CC(C(=O)O)CN(Cc2cn(-c3ccccc3)nc2-c2ccncc2)C1. The van der Waals surface area contributed by atoms with Crippen LogP contribution in [-0.4, -0.2) is 43.8 Å². The molecule has 2 aromatic heterocycles. The first-order valence-corrected chi connectivity index (χ1v) is 9.59. The minimum absolute atomic E-state index is 0.308. The van der Waals surface area contributed by atoms with E-state index >= 15 is 0 Å². The molecule has 0 aliphatic carbocycles. The summed E-state index contributed by atoms with van der Waals surface area (Å²) in [5.41, 5.74) is 4.02. The minimum Gasteiger partial charge on any atom is -0.481 e. The number of carbonyl (C=O) groups is 1. The lowest BCUT2D eigenvalue weighted by Crippen LogP contribution is -2.41. The van der Waals surface area contributed by atoms with Crippen LogP contribution in [0.25, 0.3) is 16.9 Å². The van der Waals surface area contributed by atoms with Crippen LogP contribution in [0.4, 0.5) is 0 Å². The number of nitrogens with zero attached hydrogens (tertiary/aromatic N) is 4. The Bertz CT molecular complexity index is 940. The molecule has 6 heteroatoms. The van der Waals surface area contributed by atoms with Crippen LogP contribution in [0.1, 0.15) is 18.9 Å². The normalized spacial score (nSPS) is 20.2. The largest absolute Gasteiger partial charge is 0.481 e. The van der Waals surface area contributed by atoms with Gasteiger partial charge in [0.15, 0.2) is 0 Å². The zero-order valence-corrected chi connectivity index (χ0v) is 15.9. The molecular weight excluding hydrogens is 352 g/mol. The fourth-order valence-electron chi connectivity index (χ4n) is 4.00. The van der Waals surface area contributed by atoms with Gasteiger partial charge in [-0.3, -0.25) is 14.7 Å². The van der Waals surface area contributed by atoms with Crippen molar-refractivity contribution in [1.82, 2.24) is 19.7 Å². The Labute approximate surface area is 164 Å². The van der Waals surface area contributed by atoms with Crippen molar-refractivity contribution < 1.29 is 9.90 Å². The Morgan fingerprint density at radius 1 is 1.14 bits per heavy atom. The quantitative estimate of drug-likeness (QED) is 0.738. The van der Waals surface area contributed by atoms with Crippen molar-refractivity contribution in [2.75, 3.05) is 13.1 Å². The second-order valence-electron chi connectivity index (χ2n) is 7.59. The number of hydrogen-bond donors (Lipinski definition) is 1. The maximum atomic E-state index is 11.5. The highest BCUT2D eigenvalue weighted by Gasteiger charge is 2.30. The van der Waals surface area contributed by atoms with Gasteiger partial charge in [-0.2, -0.15) is 5.10 Å². The predicted molar refractivity (Wildman–Crippen MR) is 107 cm³/mol. The van der Waals surface area contributed by atoms with E-state index in [0.717, 1.165) is 35.5 Å². The fraction of sp³-hybridized carbons (Fsp3) is 0.318. The molecule has 3 heterocycles. The summed E-state index contributed by atoms with van der Waals surface area (Å²) in [5, 5.41) is 14.3. The van der Waals surface area contributed by atoms with Crippen LogP contribution in [0, 0.1) is 11.8 Å². The standard InChI is InChI=1S/C22H24N4O2/c1-16-11-18(22(27)28)13-25(12-16)14-19-15-26(20-5-3-2-4-6-20)24-21(19)17-7-9-23-10-8-17/h2-10,15-16,18H,11-14H2,1H3,(H,27,28). The summed E-state index contributed by atoms with van der Waals surface area (Å²) in [4.78, 5) is 17.9. The molecule has 144 valence electrons. The van der Waals surface area contributed by atoms with Crippen molar-refractivity contribution in [2.45, 2.75) is 19.9 Å². The molecule has 28 heavy (non-hydrogen) atoms. The molecule has 3 aromatic rings. The number of aromatic nitrogens is 3. The van der Waals surface area contributed by atoms with Gasteiger partial charge in [-0.05, 0) is 36.6 Å². The molecule has 1 saturated heterocycles. The van der Waals surface area contributed by atoms with Crippen molar-refractivity contribution in [3.8, 4) is 16.9 Å². The van der Waals surface area contributed by atoms with E-state index < -0.39 is 5.97 Å². The van der Waals surface area contributed by atoms with Gasteiger partial charge in [0.1, 0.15) is 0 Å². The summed E-state index contributed by atoms with van der Waals surface area (Å²) in [7, 11) is 0. The minimum atomic E-state index is -0.703. The lowest BCUT2D eigenvalue weighted by atomic mass is 9.90. The van der Waals surface area contributed by atoms with Gasteiger partial charge < -0.3 is 5.11 Å². The van der Waals surface area contributed by atoms with Crippen LogP contribution in [-0.2, 0) is 11.3 Å². The van der Waals surface area contributed by atoms with Gasteiger partial charge in [-0.1, -0.05) is 25.1 Å². The number of likely N-dealkylation sites (tertiary alicyclic amines) is 1. The molecule has 1 N–H and O–H groups in total. The van der Waals surface area contributed by atoms with Crippen molar-refractivity contribution in [3.63, 3.8) is 0 Å². The van der Waals surface area contributed by atoms with E-state index in [9.17, 15) is 9.90 Å². The van der Waals surface area contributed by atoms with Crippen LogP contribution >= 0.6 is 0 Å². The number of aliphatic carboxylic acids is 1. The molecule has 6 nitrogen and oxygen atoms in total. The Balaban J connectivity index is 1.67. The number of piperidine rings is 1. The van der Waals surface area contributed by atoms with Gasteiger partial charge in [0.05, 0.1) is 17.3 Å². The summed E-state index contributed by atoms with van der Waals surface area (Å²) in [6, 6.07) is 13.9. The van der Waals surface area contributed by atoms with E-state index in [2.05, 4.69) is 23.0 Å². The first-order valence-electron chi connectivity index (χ1n) is 9.59. The monoisotopic (exact) mass is 376 g/mol. The third-order valence-electron chi connectivity index (χ3n) is 5.24. The molecule has 1 aliphatic rings. The summed E-state index contributed by atoms with van der Waals surface area (Å²) in [6.45, 7) is 4.28.